The molecule has 0 spiro atoms. The van der Waals surface area contributed by atoms with Crippen LogP contribution >= 0.6 is 0 Å². The van der Waals surface area contributed by atoms with E-state index in [1.54, 1.807) is 24.5 Å². The van der Waals surface area contributed by atoms with Crippen molar-refractivity contribution >= 4 is 11.6 Å². The van der Waals surface area contributed by atoms with Crippen molar-refractivity contribution in [2.75, 3.05) is 11.9 Å². The number of hydrogen-bond acceptors (Lipinski definition) is 3. The Morgan fingerprint density at radius 1 is 1.10 bits per heavy atom. The molecule has 1 saturated heterocycles. The first-order chi connectivity index (χ1) is 10.3. The number of amides is 1. The van der Waals surface area contributed by atoms with Crippen LogP contribution in [0.1, 0.15) is 41.2 Å². The molecule has 3 rings (SSSR count). The Morgan fingerprint density at radius 3 is 2.52 bits per heavy atom. The van der Waals surface area contributed by atoms with E-state index in [1.807, 2.05) is 24.3 Å². The van der Waals surface area contributed by atoms with Crippen LogP contribution in [-0.4, -0.2) is 17.4 Å². The zero-order valence-corrected chi connectivity index (χ0v) is 11.9. The quantitative estimate of drug-likeness (QED) is 0.908. The molecular formula is C17H19N3O. The molecule has 1 aromatic carbocycles. The van der Waals surface area contributed by atoms with Crippen LogP contribution in [0, 0.1) is 0 Å². The molecule has 2 aromatic rings. The van der Waals surface area contributed by atoms with Crippen LogP contribution < -0.4 is 10.6 Å². The summed E-state index contributed by atoms with van der Waals surface area (Å²) < 4.78 is 0. The molecule has 108 valence electrons. The van der Waals surface area contributed by atoms with Gasteiger partial charge in [-0.1, -0.05) is 18.6 Å². The van der Waals surface area contributed by atoms with Crippen molar-refractivity contribution in [3.63, 3.8) is 0 Å². The van der Waals surface area contributed by atoms with Gasteiger partial charge in [0, 0.05) is 29.7 Å². The van der Waals surface area contributed by atoms with Crippen molar-refractivity contribution in [3.8, 4) is 0 Å². The summed E-state index contributed by atoms with van der Waals surface area (Å²) >= 11 is 0. The molecule has 2 heterocycles. The second-order valence-corrected chi connectivity index (χ2v) is 5.31. The highest BCUT2D eigenvalue weighted by Crippen LogP contribution is 2.23. The lowest BCUT2D eigenvalue weighted by Crippen LogP contribution is -2.26. The number of hydrogen-bond donors (Lipinski definition) is 2. The molecule has 0 bridgehead atoms. The van der Waals surface area contributed by atoms with Gasteiger partial charge in [-0.25, -0.2) is 0 Å². The van der Waals surface area contributed by atoms with Gasteiger partial charge in [0.2, 0.25) is 0 Å². The average Bonchev–Trinajstić information content (AvgIpc) is 2.57. The van der Waals surface area contributed by atoms with Gasteiger partial charge in [0.1, 0.15) is 0 Å². The zero-order valence-electron chi connectivity index (χ0n) is 11.9. The SMILES string of the molecule is O=C(Nc1ccncc1)c1ccc(C2CCCCN2)cc1. The number of anilines is 1. The van der Waals surface area contributed by atoms with E-state index in [1.165, 1.54) is 24.8 Å². The molecule has 1 aliphatic heterocycles. The van der Waals surface area contributed by atoms with Crippen LogP contribution in [0.15, 0.2) is 48.8 Å². The fourth-order valence-corrected chi connectivity index (χ4v) is 2.64. The summed E-state index contributed by atoms with van der Waals surface area (Å²) in [4.78, 5) is 16.1. The van der Waals surface area contributed by atoms with E-state index in [0.717, 1.165) is 12.2 Å². The van der Waals surface area contributed by atoms with Crippen molar-refractivity contribution in [1.29, 1.82) is 0 Å². The molecule has 0 saturated carbocycles. The minimum Gasteiger partial charge on any atom is -0.322 e. The van der Waals surface area contributed by atoms with Gasteiger partial charge in [-0.15, -0.1) is 0 Å². The molecule has 21 heavy (non-hydrogen) atoms. The molecule has 4 heteroatoms. The van der Waals surface area contributed by atoms with Gasteiger partial charge in [-0.05, 0) is 49.2 Å². The summed E-state index contributed by atoms with van der Waals surface area (Å²) in [5.74, 6) is -0.0932. The van der Waals surface area contributed by atoms with Crippen LogP contribution in [0.3, 0.4) is 0 Å². The van der Waals surface area contributed by atoms with Gasteiger partial charge >= 0.3 is 0 Å². The van der Waals surface area contributed by atoms with E-state index in [-0.39, 0.29) is 5.91 Å². The maximum Gasteiger partial charge on any atom is 0.255 e. The lowest BCUT2D eigenvalue weighted by molar-refractivity contribution is 0.102. The monoisotopic (exact) mass is 281 g/mol. The smallest absolute Gasteiger partial charge is 0.255 e. The molecule has 1 unspecified atom stereocenters. The van der Waals surface area contributed by atoms with E-state index in [0.29, 0.717) is 11.6 Å². The van der Waals surface area contributed by atoms with Crippen molar-refractivity contribution in [1.82, 2.24) is 10.3 Å². The highest BCUT2D eigenvalue weighted by Gasteiger charge is 2.15. The fraction of sp³-hybridized carbons (Fsp3) is 0.294. The first kappa shape index (κ1) is 13.8. The molecule has 1 atom stereocenters. The van der Waals surface area contributed by atoms with Crippen LogP contribution in [0.5, 0.6) is 0 Å². The first-order valence-electron chi connectivity index (χ1n) is 7.38. The minimum atomic E-state index is -0.0932. The number of nitrogens with one attached hydrogen (secondary N) is 2. The number of nitrogens with zero attached hydrogens (tertiary/aromatic N) is 1. The lowest BCUT2D eigenvalue weighted by Gasteiger charge is -2.23. The summed E-state index contributed by atoms with van der Waals surface area (Å²) in [5, 5.41) is 6.38. The summed E-state index contributed by atoms with van der Waals surface area (Å²) in [6.07, 6.45) is 7.01. The third kappa shape index (κ3) is 3.47. The Kier molecular flexibility index (Phi) is 4.26. The fourth-order valence-electron chi connectivity index (χ4n) is 2.64. The highest BCUT2D eigenvalue weighted by atomic mass is 16.1. The van der Waals surface area contributed by atoms with E-state index in [2.05, 4.69) is 15.6 Å². The van der Waals surface area contributed by atoms with Gasteiger partial charge in [0.25, 0.3) is 5.91 Å². The number of benzene rings is 1. The van der Waals surface area contributed by atoms with Crippen molar-refractivity contribution < 1.29 is 4.79 Å². The second-order valence-electron chi connectivity index (χ2n) is 5.31. The normalized spacial score (nSPS) is 18.2. The number of carbonyl (C=O) groups excluding carboxylic acids is 1. The maximum absolute atomic E-state index is 12.2. The molecule has 0 radical (unpaired) electrons. The summed E-state index contributed by atoms with van der Waals surface area (Å²) in [6, 6.07) is 11.9. The zero-order chi connectivity index (χ0) is 14.5. The van der Waals surface area contributed by atoms with Gasteiger partial charge in [-0.3, -0.25) is 9.78 Å². The summed E-state index contributed by atoms with van der Waals surface area (Å²) in [7, 11) is 0. The molecule has 4 nitrogen and oxygen atoms in total. The molecule has 1 aliphatic rings. The number of carbonyl (C=O) groups is 1. The van der Waals surface area contributed by atoms with Crippen LogP contribution in [-0.2, 0) is 0 Å². The Bertz CT molecular complexity index is 589. The minimum absolute atomic E-state index is 0.0932. The molecule has 1 fully saturated rings. The molecule has 1 amide bonds. The Morgan fingerprint density at radius 2 is 1.86 bits per heavy atom. The van der Waals surface area contributed by atoms with Crippen molar-refractivity contribution in [2.45, 2.75) is 25.3 Å². The van der Waals surface area contributed by atoms with Crippen LogP contribution in [0.2, 0.25) is 0 Å². The molecule has 0 aliphatic carbocycles. The van der Waals surface area contributed by atoms with Crippen LogP contribution in [0.4, 0.5) is 5.69 Å². The molecule has 1 aromatic heterocycles. The average molecular weight is 281 g/mol. The molecule has 2 N–H and O–H groups in total. The molecular weight excluding hydrogens is 262 g/mol. The number of aromatic nitrogens is 1. The largest absolute Gasteiger partial charge is 0.322 e. The third-order valence-electron chi connectivity index (χ3n) is 3.82. The summed E-state index contributed by atoms with van der Waals surface area (Å²) in [6.45, 7) is 1.08. The second kappa shape index (κ2) is 6.50. The number of piperidine rings is 1. The topological polar surface area (TPSA) is 54.0 Å². The van der Waals surface area contributed by atoms with Gasteiger partial charge in [0.15, 0.2) is 0 Å². The summed E-state index contributed by atoms with van der Waals surface area (Å²) in [5.41, 5.74) is 2.69. The lowest BCUT2D eigenvalue weighted by atomic mass is 9.97. The van der Waals surface area contributed by atoms with E-state index < -0.39 is 0 Å². The maximum atomic E-state index is 12.2. The van der Waals surface area contributed by atoms with Crippen LogP contribution in [0.25, 0.3) is 0 Å². The number of rotatable bonds is 3. The van der Waals surface area contributed by atoms with Gasteiger partial charge in [0.05, 0.1) is 0 Å². The van der Waals surface area contributed by atoms with E-state index >= 15 is 0 Å². The standard InChI is InChI=1S/C17H19N3O/c21-17(20-15-8-11-18-12-9-15)14-6-4-13(5-7-14)16-3-1-2-10-19-16/h4-9,11-12,16,19H,1-3,10H2,(H,18,20,21). The first-order valence-corrected chi connectivity index (χ1v) is 7.38. The predicted octanol–water partition coefficient (Wildman–Crippen LogP) is 3.15. The third-order valence-corrected chi connectivity index (χ3v) is 3.82. The highest BCUT2D eigenvalue weighted by molar-refractivity contribution is 6.04. The van der Waals surface area contributed by atoms with Crippen molar-refractivity contribution in [3.05, 3.63) is 59.9 Å². The van der Waals surface area contributed by atoms with E-state index in [4.69, 9.17) is 0 Å². The Balaban J connectivity index is 1.67. The Labute approximate surface area is 124 Å². The number of pyridine rings is 1. The van der Waals surface area contributed by atoms with Gasteiger partial charge in [-0.2, -0.15) is 0 Å². The Hall–Kier alpha value is -2.20. The van der Waals surface area contributed by atoms with Crippen molar-refractivity contribution in [2.24, 2.45) is 0 Å². The van der Waals surface area contributed by atoms with E-state index in [9.17, 15) is 4.79 Å². The van der Waals surface area contributed by atoms with Gasteiger partial charge < -0.3 is 10.6 Å². The predicted molar refractivity (Wildman–Crippen MR) is 83.2 cm³/mol.